The summed E-state index contributed by atoms with van der Waals surface area (Å²) >= 11 is 0. The molecule has 0 amide bonds. The van der Waals surface area contributed by atoms with E-state index in [1.54, 1.807) is 0 Å². The van der Waals surface area contributed by atoms with Gasteiger partial charge >= 0.3 is 29.6 Å². The molecule has 1 fully saturated rings. The van der Waals surface area contributed by atoms with Crippen molar-refractivity contribution in [3.05, 3.63) is 0 Å². The number of carboxylic acid groups (broad SMARTS) is 1. The molecule has 4 unspecified atom stereocenters. The summed E-state index contributed by atoms with van der Waals surface area (Å²) in [5.74, 6) is -1.77. The maximum absolute atomic E-state index is 10.3. The summed E-state index contributed by atoms with van der Waals surface area (Å²) in [4.78, 5) is 10.3. The summed E-state index contributed by atoms with van der Waals surface area (Å²) in [7, 11) is 0. The van der Waals surface area contributed by atoms with Gasteiger partial charge in [0, 0.05) is 0 Å². The number of carbonyl (C=O) groups excluding carboxylic acids is 1. The zero-order chi connectivity index (χ0) is 10.2. The molecule has 4 N–H and O–H groups in total. The first kappa shape index (κ1) is 14.3. The van der Waals surface area contributed by atoms with Gasteiger partial charge in [-0.15, -0.1) is 0 Å². The molecule has 14 heavy (non-hydrogen) atoms. The third-order valence-corrected chi connectivity index (χ3v) is 1.82. The molecule has 0 saturated carbocycles. The van der Waals surface area contributed by atoms with E-state index >= 15 is 0 Å². The van der Waals surface area contributed by atoms with Crippen LogP contribution in [0.25, 0.3) is 0 Å². The first-order valence-electron chi connectivity index (χ1n) is 3.53. The molecular formula is C6H9NaO7. The first-order chi connectivity index (χ1) is 5.95. The third-order valence-electron chi connectivity index (χ3n) is 1.82. The fourth-order valence-electron chi connectivity index (χ4n) is 1.06. The van der Waals surface area contributed by atoms with Crippen molar-refractivity contribution in [2.75, 3.05) is 0 Å². The van der Waals surface area contributed by atoms with Crippen LogP contribution < -0.4 is 34.7 Å². The average Bonchev–Trinajstić information content (AvgIpc) is 2.07. The molecule has 0 aromatic rings. The molecule has 0 bridgehead atoms. The standard InChI is InChI=1S/C6H10O7.Na/c7-1-2(8)4(5(10)11)13-6(12)3(1)9;/h1-4,6-9,12H,(H,10,11);/q;+1/p-1/t1-,2?,3?,4?,6?;/m0./s1. The number of hydrogen-bond donors (Lipinski definition) is 4. The number of carboxylic acids is 1. The van der Waals surface area contributed by atoms with Crippen molar-refractivity contribution in [3.63, 3.8) is 0 Å². The summed E-state index contributed by atoms with van der Waals surface area (Å²) in [5.41, 5.74) is 0. The van der Waals surface area contributed by atoms with Crippen LogP contribution >= 0.6 is 0 Å². The van der Waals surface area contributed by atoms with E-state index in [0.29, 0.717) is 0 Å². The minimum atomic E-state index is -1.85. The van der Waals surface area contributed by atoms with Crippen LogP contribution in [-0.4, -0.2) is 57.1 Å². The summed E-state index contributed by atoms with van der Waals surface area (Å²) in [6.45, 7) is 0. The minimum Gasteiger partial charge on any atom is -0.547 e. The molecule has 76 valence electrons. The van der Waals surface area contributed by atoms with Gasteiger partial charge in [0.1, 0.15) is 24.4 Å². The van der Waals surface area contributed by atoms with Gasteiger partial charge in [-0.2, -0.15) is 0 Å². The molecule has 1 aliphatic heterocycles. The van der Waals surface area contributed by atoms with Gasteiger partial charge in [-0.1, -0.05) is 0 Å². The van der Waals surface area contributed by atoms with Gasteiger partial charge in [-0.3, -0.25) is 0 Å². The molecule has 5 atom stereocenters. The molecule has 1 saturated heterocycles. The molecule has 0 aliphatic carbocycles. The van der Waals surface area contributed by atoms with Crippen molar-refractivity contribution in [2.24, 2.45) is 0 Å². The molecular weight excluding hydrogens is 207 g/mol. The van der Waals surface area contributed by atoms with Crippen LogP contribution in [0.4, 0.5) is 0 Å². The molecule has 0 aromatic heterocycles. The van der Waals surface area contributed by atoms with Crippen molar-refractivity contribution in [1.29, 1.82) is 0 Å². The molecule has 0 spiro atoms. The van der Waals surface area contributed by atoms with E-state index in [-0.39, 0.29) is 29.6 Å². The maximum atomic E-state index is 10.3. The zero-order valence-electron chi connectivity index (χ0n) is 7.40. The molecule has 8 heteroatoms. The Hall–Kier alpha value is 0.270. The fraction of sp³-hybridized carbons (Fsp3) is 0.833. The second kappa shape index (κ2) is 5.38. The van der Waals surface area contributed by atoms with Gasteiger partial charge in [-0.25, -0.2) is 0 Å². The van der Waals surface area contributed by atoms with Gasteiger partial charge in [0.2, 0.25) is 0 Å². The predicted octanol–water partition coefficient (Wildman–Crippen LogP) is -7.46. The maximum Gasteiger partial charge on any atom is 1.00 e. The van der Waals surface area contributed by atoms with Gasteiger partial charge in [-0.05, 0) is 0 Å². The van der Waals surface area contributed by atoms with Gasteiger partial charge in [0.25, 0.3) is 0 Å². The quantitative estimate of drug-likeness (QED) is 0.320. The number of aliphatic hydroxyl groups excluding tert-OH is 4. The largest absolute Gasteiger partial charge is 1.00 e. The van der Waals surface area contributed by atoms with Crippen LogP contribution in [0.2, 0.25) is 0 Å². The van der Waals surface area contributed by atoms with Gasteiger partial charge in [0.15, 0.2) is 6.29 Å². The number of aliphatic carboxylic acids is 1. The van der Waals surface area contributed by atoms with Crippen LogP contribution in [0, 0.1) is 0 Å². The van der Waals surface area contributed by atoms with Crippen molar-refractivity contribution in [1.82, 2.24) is 0 Å². The van der Waals surface area contributed by atoms with Crippen molar-refractivity contribution in [3.8, 4) is 0 Å². The fourth-order valence-corrected chi connectivity index (χ4v) is 1.06. The Bertz CT molecular complexity index is 210. The van der Waals surface area contributed by atoms with Crippen LogP contribution in [0.1, 0.15) is 0 Å². The smallest absolute Gasteiger partial charge is 0.547 e. The number of carbonyl (C=O) groups is 1. The Morgan fingerprint density at radius 2 is 1.57 bits per heavy atom. The Morgan fingerprint density at radius 3 is 2.00 bits per heavy atom. The predicted molar refractivity (Wildman–Crippen MR) is 33.9 cm³/mol. The second-order valence-electron chi connectivity index (χ2n) is 2.74. The van der Waals surface area contributed by atoms with E-state index in [0.717, 1.165) is 0 Å². The average molecular weight is 216 g/mol. The second-order valence-corrected chi connectivity index (χ2v) is 2.74. The Labute approximate surface area is 101 Å². The van der Waals surface area contributed by atoms with Crippen molar-refractivity contribution < 1.29 is 64.6 Å². The monoisotopic (exact) mass is 216 g/mol. The van der Waals surface area contributed by atoms with Crippen LogP contribution in [-0.2, 0) is 9.53 Å². The molecule has 1 rings (SSSR count). The molecule has 7 nitrogen and oxygen atoms in total. The van der Waals surface area contributed by atoms with Crippen molar-refractivity contribution in [2.45, 2.75) is 30.7 Å². The number of ether oxygens (including phenoxy) is 1. The van der Waals surface area contributed by atoms with Crippen LogP contribution in [0.5, 0.6) is 0 Å². The molecule has 0 aromatic carbocycles. The van der Waals surface area contributed by atoms with E-state index in [1.165, 1.54) is 0 Å². The Balaban J connectivity index is 0.00000169. The van der Waals surface area contributed by atoms with Crippen molar-refractivity contribution >= 4 is 5.97 Å². The molecule has 0 radical (unpaired) electrons. The summed E-state index contributed by atoms with van der Waals surface area (Å²) in [5, 5.41) is 46.1. The topological polar surface area (TPSA) is 130 Å². The van der Waals surface area contributed by atoms with E-state index in [9.17, 15) is 9.90 Å². The normalized spacial score (nSPS) is 42.7. The molecule has 1 aliphatic rings. The summed E-state index contributed by atoms with van der Waals surface area (Å²) in [6.07, 6.45) is -9.00. The zero-order valence-corrected chi connectivity index (χ0v) is 9.40. The van der Waals surface area contributed by atoms with Crippen LogP contribution in [0.15, 0.2) is 0 Å². The third kappa shape index (κ3) is 2.65. The molecule has 1 heterocycles. The number of hydrogen-bond acceptors (Lipinski definition) is 7. The van der Waals surface area contributed by atoms with E-state index in [1.807, 2.05) is 0 Å². The Morgan fingerprint density at radius 1 is 1.07 bits per heavy atom. The first-order valence-corrected chi connectivity index (χ1v) is 3.53. The van der Waals surface area contributed by atoms with E-state index < -0.39 is 36.7 Å². The minimum absolute atomic E-state index is 0. The SMILES string of the molecule is O=C([O-])C1OC(O)C(O)[C@@H](O)C1O.[Na+]. The van der Waals surface area contributed by atoms with E-state index in [2.05, 4.69) is 4.74 Å². The number of rotatable bonds is 1. The summed E-state index contributed by atoms with van der Waals surface area (Å²) < 4.78 is 4.28. The van der Waals surface area contributed by atoms with Gasteiger partial charge in [0.05, 0.1) is 5.97 Å². The van der Waals surface area contributed by atoms with Gasteiger partial charge < -0.3 is 35.1 Å². The van der Waals surface area contributed by atoms with E-state index in [4.69, 9.17) is 20.4 Å². The van der Waals surface area contributed by atoms with Crippen LogP contribution in [0.3, 0.4) is 0 Å². The number of aliphatic hydroxyl groups is 4. The Kier molecular flexibility index (Phi) is 5.48. The summed E-state index contributed by atoms with van der Waals surface area (Å²) in [6, 6.07) is 0.